The Morgan fingerprint density at radius 2 is 1.87 bits per heavy atom. The molecule has 2 rings (SSSR count). The van der Waals surface area contributed by atoms with Crippen LogP contribution in [0.25, 0.3) is 10.8 Å². The van der Waals surface area contributed by atoms with E-state index in [-0.39, 0.29) is 0 Å². The molecule has 0 spiro atoms. The molecule has 1 nitrogen and oxygen atoms in total. The zero-order chi connectivity index (χ0) is 12.6. The standard InChI is InChI=1S/C10H8BN.C2H6.CH4/c1-7-6-8-4-2-3-5-9(8)10(11)12-7;1-2;/h2-6H,1H3;1-2H3;1H4/i;;1D. The van der Waals surface area contributed by atoms with Crippen molar-refractivity contribution in [3.63, 3.8) is 0 Å². The third kappa shape index (κ3) is 3.09. The minimum atomic E-state index is 0.616. The van der Waals surface area contributed by atoms with E-state index >= 15 is 0 Å². The molecule has 0 aliphatic carbocycles. The molecule has 1 heterocycles. The van der Waals surface area contributed by atoms with Gasteiger partial charge in [0.1, 0.15) is 7.85 Å². The molecule has 0 saturated carbocycles. The molecule has 0 bridgehead atoms. The summed E-state index contributed by atoms with van der Waals surface area (Å²) < 4.78 is 5.75. The average molecular weight is 200 g/mol. The highest BCUT2D eigenvalue weighted by molar-refractivity contribution is 6.37. The molecular weight excluding hydrogens is 181 g/mol. The summed E-state index contributed by atoms with van der Waals surface area (Å²) in [6.45, 7) is 5.95. The number of aryl methyl sites for hydroxylation is 1. The summed E-state index contributed by atoms with van der Waals surface area (Å²) >= 11 is 0. The Kier molecular flexibility index (Phi) is 4.89. The van der Waals surface area contributed by atoms with Crippen molar-refractivity contribution in [2.24, 2.45) is 0 Å². The summed E-state index contributed by atoms with van der Waals surface area (Å²) in [7, 11) is 7.00. The number of rotatable bonds is 0. The summed E-state index contributed by atoms with van der Waals surface area (Å²) in [6, 6.07) is 10.0. The Bertz CT molecular complexity index is 429. The molecule has 2 heteroatoms. The number of benzene rings is 1. The van der Waals surface area contributed by atoms with E-state index in [0.717, 1.165) is 16.5 Å². The van der Waals surface area contributed by atoms with Crippen LogP contribution in [0.1, 0.15) is 28.3 Å². The van der Waals surface area contributed by atoms with E-state index in [1.54, 1.807) is 0 Å². The molecular formula is C13H18BN. The molecule has 0 fully saturated rings. The lowest BCUT2D eigenvalue weighted by Gasteiger charge is -2.02. The topological polar surface area (TPSA) is 12.9 Å². The van der Waals surface area contributed by atoms with E-state index in [4.69, 9.17) is 9.22 Å². The zero-order valence-electron chi connectivity index (χ0n) is 10.9. The van der Waals surface area contributed by atoms with Gasteiger partial charge in [-0.2, -0.15) is 0 Å². The molecule has 1 aromatic heterocycles. The fourth-order valence-electron chi connectivity index (χ4n) is 1.36. The zero-order valence-corrected chi connectivity index (χ0v) is 9.91. The van der Waals surface area contributed by atoms with Gasteiger partial charge in [0.05, 0.1) is 0 Å². The third-order valence-electron chi connectivity index (χ3n) is 1.90. The number of pyridine rings is 1. The molecule has 0 saturated heterocycles. The predicted octanol–water partition coefficient (Wildman–Crippen LogP) is 3.00. The van der Waals surface area contributed by atoms with Crippen LogP contribution in [0.4, 0.5) is 0 Å². The molecule has 0 amide bonds. The van der Waals surface area contributed by atoms with Gasteiger partial charge >= 0.3 is 0 Å². The summed E-state index contributed by atoms with van der Waals surface area (Å²) in [5, 5.41) is 2.19. The van der Waals surface area contributed by atoms with Crippen LogP contribution >= 0.6 is 0 Å². The minimum absolute atomic E-state index is 0.616. The Morgan fingerprint density at radius 3 is 2.53 bits per heavy atom. The summed E-state index contributed by atoms with van der Waals surface area (Å²) in [6.07, 6.45) is 0. The minimum Gasteiger partial charge on any atom is -0.269 e. The highest BCUT2D eigenvalue weighted by atomic mass is 14.7. The second kappa shape index (κ2) is 6.23. The molecule has 0 aliphatic heterocycles. The number of aromatic nitrogens is 1. The van der Waals surface area contributed by atoms with Gasteiger partial charge in [0.2, 0.25) is 0 Å². The second-order valence-electron chi connectivity index (χ2n) is 2.87. The number of hydrogen-bond donors (Lipinski definition) is 0. The van der Waals surface area contributed by atoms with Gasteiger partial charge in [0.25, 0.3) is 0 Å². The highest BCUT2D eigenvalue weighted by Gasteiger charge is 1.96. The lowest BCUT2D eigenvalue weighted by atomic mass is 9.96. The number of hydrogen-bond acceptors (Lipinski definition) is 1. The Hall–Kier alpha value is -1.31. The lowest BCUT2D eigenvalue weighted by molar-refractivity contribution is 1.26. The van der Waals surface area contributed by atoms with Gasteiger partial charge in [0.15, 0.2) is 0 Å². The molecule has 2 radical (unpaired) electrons. The van der Waals surface area contributed by atoms with Crippen molar-refractivity contribution >= 4 is 24.2 Å². The van der Waals surface area contributed by atoms with Crippen LogP contribution in [0, 0.1) is 6.92 Å². The number of nitrogens with zero attached hydrogens (tertiary/aromatic N) is 1. The van der Waals surface area contributed by atoms with Gasteiger partial charge in [-0.15, -0.1) is 0 Å². The monoisotopic (exact) mass is 200 g/mol. The second-order valence-corrected chi connectivity index (χ2v) is 2.87. The van der Waals surface area contributed by atoms with Crippen LogP contribution in [0.2, 0.25) is 0 Å². The third-order valence-corrected chi connectivity index (χ3v) is 1.90. The normalized spacial score (nSPS) is 9.20. The fourth-order valence-corrected chi connectivity index (χ4v) is 1.36. The Labute approximate surface area is 95.4 Å². The van der Waals surface area contributed by atoms with E-state index in [2.05, 4.69) is 4.98 Å². The molecule has 0 unspecified atom stereocenters. The first-order valence-corrected chi connectivity index (χ1v) is 4.89. The molecule has 15 heavy (non-hydrogen) atoms. The van der Waals surface area contributed by atoms with Crippen molar-refractivity contribution in [3.05, 3.63) is 36.0 Å². The van der Waals surface area contributed by atoms with Gasteiger partial charge in [-0.3, -0.25) is 4.98 Å². The van der Waals surface area contributed by atoms with Crippen molar-refractivity contribution in [2.75, 3.05) is 0 Å². The van der Waals surface area contributed by atoms with E-state index in [1.807, 2.05) is 51.1 Å². The quantitative estimate of drug-likeness (QED) is 0.595. The van der Waals surface area contributed by atoms with Gasteiger partial charge in [-0.25, -0.2) is 0 Å². The van der Waals surface area contributed by atoms with Crippen LogP contribution in [-0.4, -0.2) is 12.8 Å². The van der Waals surface area contributed by atoms with Crippen molar-refractivity contribution in [2.45, 2.75) is 28.2 Å². The smallest absolute Gasteiger partial charge is 0.142 e. The van der Waals surface area contributed by atoms with Gasteiger partial charge in [0, 0.05) is 7.06 Å². The van der Waals surface area contributed by atoms with E-state index in [0.29, 0.717) is 5.59 Å². The van der Waals surface area contributed by atoms with Crippen molar-refractivity contribution in [1.29, 1.82) is 0 Å². The van der Waals surface area contributed by atoms with Crippen molar-refractivity contribution in [3.8, 4) is 0 Å². The maximum atomic E-state index is 5.75. The SMILES string of the molecule is CC.[2H]C.[B]c1nc(C)cc2ccccc12. The maximum Gasteiger partial charge on any atom is 0.142 e. The molecule has 78 valence electrons. The first-order chi connectivity index (χ1) is 7.77. The van der Waals surface area contributed by atoms with E-state index in [1.165, 1.54) is 7.40 Å². The van der Waals surface area contributed by atoms with Crippen molar-refractivity contribution in [1.82, 2.24) is 4.98 Å². The van der Waals surface area contributed by atoms with Crippen molar-refractivity contribution < 1.29 is 1.37 Å². The van der Waals surface area contributed by atoms with Crippen LogP contribution in [0.5, 0.6) is 0 Å². The van der Waals surface area contributed by atoms with Crippen LogP contribution in [0.15, 0.2) is 30.3 Å². The summed E-state index contributed by atoms with van der Waals surface area (Å²) in [5.41, 5.74) is 1.58. The largest absolute Gasteiger partial charge is 0.269 e. The highest BCUT2D eigenvalue weighted by Crippen LogP contribution is 2.10. The van der Waals surface area contributed by atoms with Crippen LogP contribution in [0.3, 0.4) is 0 Å². The molecule has 0 N–H and O–H groups in total. The van der Waals surface area contributed by atoms with Gasteiger partial charge < -0.3 is 0 Å². The number of fused-ring (bicyclic) bond motifs is 1. The summed E-state index contributed by atoms with van der Waals surface area (Å²) in [5.74, 6) is 0. The maximum absolute atomic E-state index is 5.75. The van der Waals surface area contributed by atoms with E-state index < -0.39 is 0 Å². The lowest BCUT2D eigenvalue weighted by Crippen LogP contribution is -2.10. The summed E-state index contributed by atoms with van der Waals surface area (Å²) in [4.78, 5) is 4.18. The Morgan fingerprint density at radius 1 is 1.27 bits per heavy atom. The van der Waals surface area contributed by atoms with Crippen LogP contribution < -0.4 is 5.59 Å². The predicted molar refractivity (Wildman–Crippen MR) is 69.9 cm³/mol. The Balaban J connectivity index is 0.000000509. The first-order valence-electron chi connectivity index (χ1n) is 5.89. The average Bonchev–Trinajstić information content (AvgIpc) is 2.34. The van der Waals surface area contributed by atoms with Gasteiger partial charge in [-0.1, -0.05) is 45.5 Å². The van der Waals surface area contributed by atoms with Crippen LogP contribution in [-0.2, 0) is 0 Å². The molecule has 0 atom stereocenters. The van der Waals surface area contributed by atoms with E-state index in [9.17, 15) is 0 Å². The fraction of sp³-hybridized carbons (Fsp3) is 0.308. The first kappa shape index (κ1) is 11.8. The van der Waals surface area contributed by atoms with Gasteiger partial charge in [-0.05, 0) is 29.4 Å². The molecule has 0 aliphatic rings. The molecule has 2 aromatic rings. The molecule has 1 aromatic carbocycles.